The van der Waals surface area contributed by atoms with Crippen molar-refractivity contribution in [2.45, 2.75) is 19.4 Å². The van der Waals surface area contributed by atoms with Crippen LogP contribution < -0.4 is 4.74 Å². The van der Waals surface area contributed by atoms with Gasteiger partial charge in [-0.3, -0.25) is 9.89 Å². The molecule has 0 radical (unpaired) electrons. The highest BCUT2D eigenvalue weighted by Gasteiger charge is 2.29. The van der Waals surface area contributed by atoms with Crippen LogP contribution in [-0.2, 0) is 0 Å². The lowest BCUT2D eigenvalue weighted by atomic mass is 10.3. The highest BCUT2D eigenvalue weighted by Crippen LogP contribution is 2.21. The maximum absolute atomic E-state index is 12.6. The molecule has 0 aliphatic carbocycles. The molecule has 1 saturated heterocycles. The second-order valence-corrected chi connectivity index (χ2v) is 6.10. The number of aryl methyl sites for hydroxylation is 1. The van der Waals surface area contributed by atoms with Crippen molar-refractivity contribution in [1.82, 2.24) is 20.1 Å². The molecule has 1 atom stereocenters. The molecule has 1 fully saturated rings. The van der Waals surface area contributed by atoms with Gasteiger partial charge < -0.3 is 14.1 Å². The fourth-order valence-electron chi connectivity index (χ4n) is 2.85. The molecule has 25 heavy (non-hydrogen) atoms. The van der Waals surface area contributed by atoms with Crippen LogP contribution in [0.2, 0.25) is 0 Å². The first-order chi connectivity index (χ1) is 12.2. The van der Waals surface area contributed by atoms with Crippen LogP contribution in [0.25, 0.3) is 11.5 Å². The number of pyridine rings is 1. The molecule has 7 heteroatoms. The van der Waals surface area contributed by atoms with Crippen molar-refractivity contribution in [3.05, 3.63) is 54.0 Å². The van der Waals surface area contributed by atoms with Gasteiger partial charge in [-0.1, -0.05) is 6.07 Å². The zero-order valence-electron chi connectivity index (χ0n) is 13.8. The van der Waals surface area contributed by atoms with Crippen LogP contribution in [0.1, 0.15) is 22.5 Å². The van der Waals surface area contributed by atoms with Gasteiger partial charge >= 0.3 is 0 Å². The molecule has 0 saturated carbocycles. The maximum Gasteiger partial charge on any atom is 0.274 e. The SMILES string of the molecule is Cc1ccc(OC2CCN(C(=O)c3cc(-c4ccco4)[nH]n3)C2)nc1. The van der Waals surface area contributed by atoms with E-state index >= 15 is 0 Å². The van der Waals surface area contributed by atoms with E-state index < -0.39 is 0 Å². The molecule has 1 N–H and O–H groups in total. The number of likely N-dealkylation sites (tertiary alicyclic amines) is 1. The smallest absolute Gasteiger partial charge is 0.274 e. The first-order valence-corrected chi connectivity index (χ1v) is 8.17. The van der Waals surface area contributed by atoms with Crippen molar-refractivity contribution in [3.8, 4) is 17.3 Å². The van der Waals surface area contributed by atoms with Gasteiger partial charge in [-0.2, -0.15) is 5.10 Å². The summed E-state index contributed by atoms with van der Waals surface area (Å²) in [6.07, 6.45) is 4.07. The number of nitrogens with zero attached hydrogens (tertiary/aromatic N) is 3. The third-order valence-electron chi connectivity index (χ3n) is 4.19. The summed E-state index contributed by atoms with van der Waals surface area (Å²) < 4.78 is 11.2. The third kappa shape index (κ3) is 3.26. The van der Waals surface area contributed by atoms with Gasteiger partial charge in [0.1, 0.15) is 11.8 Å². The average Bonchev–Trinajstić information content (AvgIpc) is 3.37. The lowest BCUT2D eigenvalue weighted by Crippen LogP contribution is -2.31. The maximum atomic E-state index is 12.6. The van der Waals surface area contributed by atoms with Gasteiger partial charge in [-0.25, -0.2) is 4.98 Å². The third-order valence-corrected chi connectivity index (χ3v) is 4.19. The van der Waals surface area contributed by atoms with E-state index in [1.54, 1.807) is 29.5 Å². The van der Waals surface area contributed by atoms with Gasteiger partial charge in [0, 0.05) is 31.3 Å². The Morgan fingerprint density at radius 3 is 3.08 bits per heavy atom. The Labute approximate surface area is 144 Å². The minimum Gasteiger partial charge on any atom is -0.472 e. The number of aromatic amines is 1. The molecule has 7 nitrogen and oxygen atoms in total. The molecule has 128 valence electrons. The van der Waals surface area contributed by atoms with E-state index in [2.05, 4.69) is 15.2 Å². The minimum absolute atomic E-state index is 0.0531. The molecule has 0 bridgehead atoms. The van der Waals surface area contributed by atoms with Crippen LogP contribution in [0, 0.1) is 6.92 Å². The van der Waals surface area contributed by atoms with E-state index in [9.17, 15) is 4.79 Å². The van der Waals surface area contributed by atoms with Gasteiger partial charge in [-0.15, -0.1) is 0 Å². The zero-order chi connectivity index (χ0) is 17.2. The number of H-pyrrole nitrogens is 1. The fraction of sp³-hybridized carbons (Fsp3) is 0.278. The average molecular weight is 338 g/mol. The Hall–Kier alpha value is -3.09. The molecule has 1 aliphatic heterocycles. The van der Waals surface area contributed by atoms with Crippen molar-refractivity contribution >= 4 is 5.91 Å². The quantitative estimate of drug-likeness (QED) is 0.790. The summed E-state index contributed by atoms with van der Waals surface area (Å²) in [5, 5.41) is 6.94. The first kappa shape index (κ1) is 15.4. The Bertz CT molecular complexity index is 855. The normalized spacial score (nSPS) is 17.0. The number of aromatic nitrogens is 3. The Morgan fingerprint density at radius 1 is 1.40 bits per heavy atom. The molecule has 0 aromatic carbocycles. The van der Waals surface area contributed by atoms with Gasteiger partial charge in [0.05, 0.1) is 12.8 Å². The van der Waals surface area contributed by atoms with Crippen LogP contribution in [-0.4, -0.2) is 45.2 Å². The monoisotopic (exact) mass is 338 g/mol. The van der Waals surface area contributed by atoms with E-state index in [1.807, 2.05) is 25.1 Å². The van der Waals surface area contributed by atoms with Gasteiger partial charge in [-0.05, 0) is 24.6 Å². The summed E-state index contributed by atoms with van der Waals surface area (Å²) in [5.41, 5.74) is 2.14. The largest absolute Gasteiger partial charge is 0.472 e. The van der Waals surface area contributed by atoms with Crippen molar-refractivity contribution in [2.24, 2.45) is 0 Å². The van der Waals surface area contributed by atoms with Gasteiger partial charge in [0.15, 0.2) is 11.5 Å². The van der Waals surface area contributed by atoms with E-state index in [0.717, 1.165) is 12.0 Å². The predicted molar refractivity (Wildman–Crippen MR) is 90.2 cm³/mol. The van der Waals surface area contributed by atoms with Crippen molar-refractivity contribution in [1.29, 1.82) is 0 Å². The van der Waals surface area contributed by atoms with E-state index in [-0.39, 0.29) is 12.0 Å². The Balaban J connectivity index is 1.39. The van der Waals surface area contributed by atoms with Crippen molar-refractivity contribution < 1.29 is 13.9 Å². The minimum atomic E-state index is -0.114. The Morgan fingerprint density at radius 2 is 2.32 bits per heavy atom. The topological polar surface area (TPSA) is 84.2 Å². The molecule has 3 aromatic rings. The molecular formula is C18H18N4O3. The fourth-order valence-corrected chi connectivity index (χ4v) is 2.85. The summed E-state index contributed by atoms with van der Waals surface area (Å²) in [6.45, 7) is 3.14. The van der Waals surface area contributed by atoms with Gasteiger partial charge in [0.2, 0.25) is 5.88 Å². The molecule has 1 amide bonds. The highest BCUT2D eigenvalue weighted by atomic mass is 16.5. The Kier molecular flexibility index (Phi) is 3.97. The van der Waals surface area contributed by atoms with Crippen LogP contribution in [0.3, 0.4) is 0 Å². The predicted octanol–water partition coefficient (Wildman–Crippen LogP) is 2.67. The standard InChI is InChI=1S/C18H18N4O3/c1-12-4-5-17(19-10-12)25-13-6-7-22(11-13)18(23)15-9-14(20-21-15)16-3-2-8-24-16/h2-5,8-10,13H,6-7,11H2,1H3,(H,20,21). The molecule has 1 unspecified atom stereocenters. The van der Waals surface area contributed by atoms with Crippen LogP contribution in [0.15, 0.2) is 47.2 Å². The first-order valence-electron chi connectivity index (χ1n) is 8.17. The number of amides is 1. The van der Waals surface area contributed by atoms with E-state index in [0.29, 0.717) is 36.1 Å². The number of furan rings is 1. The molecule has 4 rings (SSSR count). The van der Waals surface area contributed by atoms with E-state index in [4.69, 9.17) is 9.15 Å². The second-order valence-electron chi connectivity index (χ2n) is 6.10. The van der Waals surface area contributed by atoms with Crippen LogP contribution in [0.5, 0.6) is 5.88 Å². The highest BCUT2D eigenvalue weighted by molar-refractivity contribution is 5.93. The summed E-state index contributed by atoms with van der Waals surface area (Å²) >= 11 is 0. The molecule has 0 spiro atoms. The number of ether oxygens (including phenoxy) is 1. The lowest BCUT2D eigenvalue weighted by Gasteiger charge is -2.15. The molecule has 4 heterocycles. The number of rotatable bonds is 4. The summed E-state index contributed by atoms with van der Waals surface area (Å²) in [5.74, 6) is 1.13. The summed E-state index contributed by atoms with van der Waals surface area (Å²) in [6, 6.07) is 9.12. The number of carbonyl (C=O) groups excluding carboxylic acids is 1. The number of carbonyl (C=O) groups is 1. The van der Waals surface area contributed by atoms with Crippen LogP contribution in [0.4, 0.5) is 0 Å². The van der Waals surface area contributed by atoms with Crippen molar-refractivity contribution in [2.75, 3.05) is 13.1 Å². The summed E-state index contributed by atoms with van der Waals surface area (Å²) in [7, 11) is 0. The molecular weight excluding hydrogens is 320 g/mol. The van der Waals surface area contributed by atoms with E-state index in [1.165, 1.54) is 0 Å². The molecule has 1 aliphatic rings. The lowest BCUT2D eigenvalue weighted by molar-refractivity contribution is 0.0765. The van der Waals surface area contributed by atoms with Gasteiger partial charge in [0.25, 0.3) is 5.91 Å². The molecule has 3 aromatic heterocycles. The number of hydrogen-bond donors (Lipinski definition) is 1. The number of nitrogens with one attached hydrogen (secondary N) is 1. The van der Waals surface area contributed by atoms with Crippen molar-refractivity contribution in [3.63, 3.8) is 0 Å². The second kappa shape index (κ2) is 6.43. The number of hydrogen-bond acceptors (Lipinski definition) is 5. The zero-order valence-corrected chi connectivity index (χ0v) is 13.8. The van der Waals surface area contributed by atoms with Crippen LogP contribution >= 0.6 is 0 Å². The summed E-state index contributed by atoms with van der Waals surface area (Å²) in [4.78, 5) is 18.6.